The summed E-state index contributed by atoms with van der Waals surface area (Å²) in [4.78, 5) is 0. The Balaban J connectivity index is 0.00000370. The van der Waals surface area contributed by atoms with Crippen molar-refractivity contribution < 1.29 is 40.7 Å². The molecular formula is C33H36BrO5P. The van der Waals surface area contributed by atoms with Gasteiger partial charge in [0.25, 0.3) is 0 Å². The Morgan fingerprint density at radius 3 is 1.43 bits per heavy atom. The van der Waals surface area contributed by atoms with Crippen LogP contribution in [0.2, 0.25) is 0 Å². The van der Waals surface area contributed by atoms with E-state index in [1.807, 2.05) is 0 Å². The number of benzene rings is 4. The second-order valence-corrected chi connectivity index (χ2v) is 12.8. The van der Waals surface area contributed by atoms with E-state index in [1.54, 1.807) is 0 Å². The second kappa shape index (κ2) is 15.9. The Hall–Kier alpha value is -2.73. The third-order valence-electron chi connectivity index (χ3n) is 6.74. The molecule has 0 saturated carbocycles. The zero-order chi connectivity index (χ0) is 26.6. The number of halogens is 1. The first-order chi connectivity index (χ1) is 19.4. The summed E-state index contributed by atoms with van der Waals surface area (Å²) in [6.07, 6.45) is 0.901. The summed E-state index contributed by atoms with van der Waals surface area (Å²) in [5.41, 5.74) is 1.31. The maximum absolute atomic E-state index is 6.31. The van der Waals surface area contributed by atoms with Gasteiger partial charge in [-0.1, -0.05) is 66.7 Å². The molecule has 0 unspecified atom stereocenters. The average molecular weight is 624 g/mol. The van der Waals surface area contributed by atoms with E-state index in [1.165, 1.54) is 21.5 Å². The molecule has 40 heavy (non-hydrogen) atoms. The first-order valence-corrected chi connectivity index (χ1v) is 15.5. The van der Waals surface area contributed by atoms with Crippen LogP contribution in [0.5, 0.6) is 11.5 Å². The molecule has 0 fully saturated rings. The molecule has 0 aliphatic carbocycles. The molecule has 1 aliphatic heterocycles. The lowest BCUT2D eigenvalue weighted by Gasteiger charge is -2.28. The van der Waals surface area contributed by atoms with Crippen molar-refractivity contribution >= 4 is 23.2 Å². The van der Waals surface area contributed by atoms with Crippen molar-refractivity contribution in [3.63, 3.8) is 0 Å². The molecule has 0 aromatic heterocycles. The van der Waals surface area contributed by atoms with E-state index in [-0.39, 0.29) is 17.0 Å². The van der Waals surface area contributed by atoms with Crippen molar-refractivity contribution in [2.24, 2.45) is 0 Å². The van der Waals surface area contributed by atoms with E-state index in [2.05, 4.69) is 109 Å². The first-order valence-electron chi connectivity index (χ1n) is 13.5. The lowest BCUT2D eigenvalue weighted by molar-refractivity contribution is -0.00000915. The summed E-state index contributed by atoms with van der Waals surface area (Å²) < 4.78 is 29.4. The van der Waals surface area contributed by atoms with Crippen molar-refractivity contribution in [1.82, 2.24) is 0 Å². The SMILES string of the molecule is [Br-].c1ccc(C[P+](c2ccccc2)(c2ccccc2)c2ccc3c(c2)OCCOCCOCCOCCO3)cc1. The minimum absolute atomic E-state index is 0. The van der Waals surface area contributed by atoms with E-state index in [0.717, 1.165) is 11.9 Å². The van der Waals surface area contributed by atoms with Gasteiger partial charge < -0.3 is 40.7 Å². The average Bonchev–Trinajstić information content (AvgIpc) is 3.01. The van der Waals surface area contributed by atoms with Crippen LogP contribution in [-0.2, 0) is 20.4 Å². The normalized spacial score (nSPS) is 15.2. The van der Waals surface area contributed by atoms with Crippen LogP contribution in [0.3, 0.4) is 0 Å². The van der Waals surface area contributed by atoms with E-state index in [0.29, 0.717) is 58.6 Å². The van der Waals surface area contributed by atoms with Gasteiger partial charge in [0.2, 0.25) is 0 Å². The molecule has 0 spiro atoms. The predicted molar refractivity (Wildman–Crippen MR) is 159 cm³/mol. The smallest absolute Gasteiger partial charge is 0.165 e. The van der Waals surface area contributed by atoms with Gasteiger partial charge in [-0.2, -0.15) is 0 Å². The van der Waals surface area contributed by atoms with Gasteiger partial charge in [0.05, 0.1) is 45.8 Å². The molecule has 0 atom stereocenters. The molecule has 0 amide bonds. The van der Waals surface area contributed by atoms with Crippen molar-refractivity contribution in [2.75, 3.05) is 52.9 Å². The highest BCUT2D eigenvalue weighted by Crippen LogP contribution is 2.58. The summed E-state index contributed by atoms with van der Waals surface area (Å²) in [5, 5.41) is 3.90. The Labute approximate surface area is 248 Å². The van der Waals surface area contributed by atoms with Gasteiger partial charge in [-0.15, -0.1) is 0 Å². The Bertz CT molecular complexity index is 1230. The summed E-state index contributed by atoms with van der Waals surface area (Å²) >= 11 is 0. The van der Waals surface area contributed by atoms with Gasteiger partial charge in [0.1, 0.15) is 36.4 Å². The maximum Gasteiger partial charge on any atom is 0.165 e. The van der Waals surface area contributed by atoms with E-state index in [4.69, 9.17) is 23.7 Å². The quantitative estimate of drug-likeness (QED) is 0.319. The van der Waals surface area contributed by atoms with Gasteiger partial charge in [-0.05, 0) is 42.0 Å². The Kier molecular flexibility index (Phi) is 12.0. The monoisotopic (exact) mass is 622 g/mol. The van der Waals surface area contributed by atoms with Crippen molar-refractivity contribution in [3.8, 4) is 11.5 Å². The van der Waals surface area contributed by atoms with Crippen molar-refractivity contribution in [3.05, 3.63) is 115 Å². The fourth-order valence-electron chi connectivity index (χ4n) is 4.87. The second-order valence-electron chi connectivity index (χ2n) is 9.29. The van der Waals surface area contributed by atoms with E-state index < -0.39 is 7.26 Å². The fraction of sp³-hybridized carbons (Fsp3) is 0.273. The first kappa shape index (κ1) is 30.2. The number of rotatable bonds is 5. The number of hydrogen-bond donors (Lipinski definition) is 0. The molecule has 7 heteroatoms. The molecule has 0 bridgehead atoms. The highest BCUT2D eigenvalue weighted by atomic mass is 79.9. The van der Waals surface area contributed by atoms with Crippen LogP contribution in [0.1, 0.15) is 5.56 Å². The Morgan fingerprint density at radius 1 is 0.450 bits per heavy atom. The van der Waals surface area contributed by atoms with Gasteiger partial charge in [0.15, 0.2) is 11.5 Å². The maximum atomic E-state index is 6.31. The predicted octanol–water partition coefficient (Wildman–Crippen LogP) is 2.01. The molecule has 5 rings (SSSR count). The topological polar surface area (TPSA) is 46.2 Å². The van der Waals surface area contributed by atoms with Crippen molar-refractivity contribution in [1.29, 1.82) is 0 Å². The summed E-state index contributed by atoms with van der Waals surface area (Å²) in [5.74, 6) is 1.44. The fourth-order valence-corrected chi connectivity index (χ4v) is 9.10. The molecule has 1 aliphatic rings. The molecule has 0 saturated heterocycles. The van der Waals surface area contributed by atoms with Crippen LogP contribution in [-0.4, -0.2) is 52.9 Å². The molecule has 4 aromatic carbocycles. The zero-order valence-electron chi connectivity index (χ0n) is 22.6. The molecule has 0 radical (unpaired) electrons. The standard InChI is InChI=1S/C33H36O5P.BrH/c1-4-10-28(11-5-1)27-39(29-12-6-2-7-13-29,30-14-8-3-9-15-30)31-16-17-32-33(26-31)38-25-23-36-21-19-34-18-20-35-22-24-37-32;/h1-17,26H,18-25,27H2;1H/q+1;/p-1. The minimum Gasteiger partial charge on any atom is -1.00 e. The third kappa shape index (κ3) is 7.72. The van der Waals surface area contributed by atoms with Crippen LogP contribution >= 0.6 is 7.26 Å². The lowest BCUT2D eigenvalue weighted by Crippen LogP contribution is -3.00. The number of ether oxygens (including phenoxy) is 5. The van der Waals surface area contributed by atoms with Gasteiger partial charge in [0, 0.05) is 6.07 Å². The molecule has 5 nitrogen and oxygen atoms in total. The largest absolute Gasteiger partial charge is 1.00 e. The molecule has 0 N–H and O–H groups in total. The number of fused-ring (bicyclic) bond motifs is 1. The summed E-state index contributed by atoms with van der Waals surface area (Å²) in [7, 11) is -2.11. The van der Waals surface area contributed by atoms with E-state index in [9.17, 15) is 0 Å². The van der Waals surface area contributed by atoms with E-state index >= 15 is 0 Å². The lowest BCUT2D eigenvalue weighted by atomic mass is 10.2. The van der Waals surface area contributed by atoms with Crippen molar-refractivity contribution in [2.45, 2.75) is 6.16 Å². The highest BCUT2D eigenvalue weighted by molar-refractivity contribution is 7.95. The Morgan fingerprint density at radius 2 is 0.900 bits per heavy atom. The molecule has 210 valence electrons. The molecule has 1 heterocycles. The van der Waals surface area contributed by atoms with Gasteiger partial charge in [-0.3, -0.25) is 0 Å². The van der Waals surface area contributed by atoms with Gasteiger partial charge in [-0.25, -0.2) is 0 Å². The zero-order valence-corrected chi connectivity index (χ0v) is 25.1. The number of hydrogen-bond acceptors (Lipinski definition) is 5. The van der Waals surface area contributed by atoms with Crippen LogP contribution in [0.25, 0.3) is 0 Å². The molecular weight excluding hydrogens is 587 g/mol. The highest BCUT2D eigenvalue weighted by Gasteiger charge is 2.46. The van der Waals surface area contributed by atoms with Gasteiger partial charge >= 0.3 is 0 Å². The van der Waals surface area contributed by atoms with Crippen LogP contribution < -0.4 is 42.4 Å². The van der Waals surface area contributed by atoms with Crippen LogP contribution in [0.15, 0.2) is 109 Å². The summed E-state index contributed by atoms with van der Waals surface area (Å²) in [6.45, 7) is 3.98. The summed E-state index contributed by atoms with van der Waals surface area (Å²) in [6, 6.07) is 39.0. The minimum atomic E-state index is -2.11. The van der Waals surface area contributed by atoms with Crippen LogP contribution in [0, 0.1) is 0 Å². The third-order valence-corrected chi connectivity index (χ3v) is 11.1. The molecule has 4 aromatic rings. The van der Waals surface area contributed by atoms with Crippen LogP contribution in [0.4, 0.5) is 0 Å².